The van der Waals surface area contributed by atoms with Gasteiger partial charge in [-0.3, -0.25) is 4.79 Å². The minimum atomic E-state index is -0.997. The molecular weight excluding hydrogens is 308 g/mol. The maximum atomic E-state index is 12.5. The van der Waals surface area contributed by atoms with E-state index in [9.17, 15) is 4.79 Å². The number of amides is 1. The van der Waals surface area contributed by atoms with Gasteiger partial charge in [0.05, 0.1) is 6.10 Å². The first-order valence-electron chi connectivity index (χ1n) is 6.32. The van der Waals surface area contributed by atoms with E-state index in [2.05, 4.69) is 15.9 Å². The fraction of sp³-hybridized carbons (Fsp3) is 0.500. The number of methoxy groups -OCH3 is 1. The molecule has 2 N–H and O–H groups in total. The van der Waals surface area contributed by atoms with Gasteiger partial charge in [0.25, 0.3) is 0 Å². The van der Waals surface area contributed by atoms with Crippen LogP contribution in [0.3, 0.4) is 0 Å². The van der Waals surface area contributed by atoms with E-state index in [1.165, 1.54) is 0 Å². The monoisotopic (exact) mass is 326 g/mol. The number of rotatable bonds is 3. The summed E-state index contributed by atoms with van der Waals surface area (Å²) in [6.07, 6.45) is 1.00. The zero-order valence-electron chi connectivity index (χ0n) is 11.2. The van der Waals surface area contributed by atoms with E-state index in [0.29, 0.717) is 13.1 Å². The van der Waals surface area contributed by atoms with Crippen molar-refractivity contribution in [2.24, 2.45) is 5.73 Å². The van der Waals surface area contributed by atoms with Gasteiger partial charge in [0.1, 0.15) is 5.54 Å². The van der Waals surface area contributed by atoms with Gasteiger partial charge < -0.3 is 15.4 Å². The highest BCUT2D eigenvalue weighted by Crippen LogP contribution is 2.25. The standard InChI is InChI=1S/C14H19BrN2O2/c1-14(16,10-3-5-11(15)6-4-10)13(18)17-8-7-12(9-17)19-2/h3-6,12H,7-9,16H2,1-2H3/t12-,14?/m1/s1. The van der Waals surface area contributed by atoms with Gasteiger partial charge in [-0.15, -0.1) is 0 Å². The molecule has 5 heteroatoms. The molecule has 19 heavy (non-hydrogen) atoms. The third-order valence-corrected chi connectivity index (χ3v) is 4.18. The summed E-state index contributed by atoms with van der Waals surface area (Å²) in [5, 5.41) is 0. The minimum absolute atomic E-state index is 0.0469. The van der Waals surface area contributed by atoms with Crippen LogP contribution in [-0.4, -0.2) is 37.1 Å². The van der Waals surface area contributed by atoms with Crippen LogP contribution >= 0.6 is 15.9 Å². The van der Waals surface area contributed by atoms with Gasteiger partial charge >= 0.3 is 0 Å². The Morgan fingerprint density at radius 2 is 2.11 bits per heavy atom. The molecule has 1 unspecified atom stereocenters. The average molecular weight is 327 g/mol. The summed E-state index contributed by atoms with van der Waals surface area (Å²) in [5.74, 6) is -0.0469. The third kappa shape index (κ3) is 2.99. The number of nitrogens with zero attached hydrogens (tertiary/aromatic N) is 1. The highest BCUT2D eigenvalue weighted by Gasteiger charge is 2.37. The molecule has 2 atom stereocenters. The van der Waals surface area contributed by atoms with Crippen LogP contribution < -0.4 is 5.73 Å². The zero-order valence-corrected chi connectivity index (χ0v) is 12.8. The van der Waals surface area contributed by atoms with Gasteiger partial charge in [0.15, 0.2) is 0 Å². The SMILES string of the molecule is CO[C@@H]1CCN(C(=O)C(C)(N)c2ccc(Br)cc2)C1. The zero-order chi connectivity index (χ0) is 14.0. The number of ether oxygens (including phenoxy) is 1. The molecule has 1 fully saturated rings. The van der Waals surface area contributed by atoms with Crippen molar-refractivity contribution in [2.45, 2.75) is 25.0 Å². The van der Waals surface area contributed by atoms with E-state index in [1.54, 1.807) is 18.9 Å². The summed E-state index contributed by atoms with van der Waals surface area (Å²) in [7, 11) is 1.68. The van der Waals surface area contributed by atoms with Crippen molar-refractivity contribution >= 4 is 21.8 Å². The predicted octanol–water partition coefficient (Wildman–Crippen LogP) is 1.87. The molecule has 0 radical (unpaired) electrons. The molecule has 1 aliphatic heterocycles. The van der Waals surface area contributed by atoms with E-state index >= 15 is 0 Å². The van der Waals surface area contributed by atoms with E-state index in [1.807, 2.05) is 24.3 Å². The van der Waals surface area contributed by atoms with E-state index in [4.69, 9.17) is 10.5 Å². The first-order chi connectivity index (χ1) is 8.95. The number of hydrogen-bond acceptors (Lipinski definition) is 3. The lowest BCUT2D eigenvalue weighted by Gasteiger charge is -2.29. The molecule has 0 aromatic heterocycles. The van der Waals surface area contributed by atoms with Crippen LogP contribution in [0.2, 0.25) is 0 Å². The molecule has 0 aliphatic carbocycles. The van der Waals surface area contributed by atoms with Crippen molar-refractivity contribution in [2.75, 3.05) is 20.2 Å². The molecule has 2 rings (SSSR count). The Bertz CT molecular complexity index is 459. The van der Waals surface area contributed by atoms with Crippen LogP contribution in [0.5, 0.6) is 0 Å². The number of carbonyl (C=O) groups is 1. The van der Waals surface area contributed by atoms with Crippen molar-refractivity contribution < 1.29 is 9.53 Å². The molecule has 1 amide bonds. The topological polar surface area (TPSA) is 55.6 Å². The van der Waals surface area contributed by atoms with Crippen LogP contribution in [0.4, 0.5) is 0 Å². The van der Waals surface area contributed by atoms with E-state index < -0.39 is 5.54 Å². The Labute approximate surface area is 122 Å². The van der Waals surface area contributed by atoms with Crippen LogP contribution in [0.15, 0.2) is 28.7 Å². The Balaban J connectivity index is 2.15. The minimum Gasteiger partial charge on any atom is -0.380 e. The smallest absolute Gasteiger partial charge is 0.247 e. The Hall–Kier alpha value is -0.910. The Morgan fingerprint density at radius 3 is 2.63 bits per heavy atom. The van der Waals surface area contributed by atoms with Gasteiger partial charge in [-0.25, -0.2) is 0 Å². The lowest BCUT2D eigenvalue weighted by molar-refractivity contribution is -0.136. The van der Waals surface area contributed by atoms with Crippen molar-refractivity contribution in [3.63, 3.8) is 0 Å². The lowest BCUT2D eigenvalue weighted by Crippen LogP contribution is -2.50. The maximum Gasteiger partial charge on any atom is 0.247 e. The number of nitrogens with two attached hydrogens (primary N) is 1. The fourth-order valence-electron chi connectivity index (χ4n) is 2.35. The van der Waals surface area contributed by atoms with Crippen LogP contribution in [0, 0.1) is 0 Å². The second-order valence-corrected chi connectivity index (χ2v) is 6.02. The van der Waals surface area contributed by atoms with Gasteiger partial charge in [0.2, 0.25) is 5.91 Å². The molecule has 104 valence electrons. The van der Waals surface area contributed by atoms with Crippen molar-refractivity contribution in [1.82, 2.24) is 4.90 Å². The van der Waals surface area contributed by atoms with Gasteiger partial charge in [-0.1, -0.05) is 28.1 Å². The number of hydrogen-bond donors (Lipinski definition) is 1. The normalized spacial score (nSPS) is 22.3. The number of halogens is 1. The molecule has 1 heterocycles. The van der Waals surface area contributed by atoms with Crippen molar-refractivity contribution in [1.29, 1.82) is 0 Å². The number of carbonyl (C=O) groups excluding carboxylic acids is 1. The number of benzene rings is 1. The molecule has 1 saturated heterocycles. The molecule has 0 spiro atoms. The quantitative estimate of drug-likeness (QED) is 0.922. The second-order valence-electron chi connectivity index (χ2n) is 5.11. The fourth-order valence-corrected chi connectivity index (χ4v) is 2.62. The summed E-state index contributed by atoms with van der Waals surface area (Å²) < 4.78 is 6.26. The highest BCUT2D eigenvalue weighted by atomic mass is 79.9. The molecular formula is C14H19BrN2O2. The summed E-state index contributed by atoms with van der Waals surface area (Å²) >= 11 is 3.38. The van der Waals surface area contributed by atoms with Gasteiger partial charge in [-0.2, -0.15) is 0 Å². The average Bonchev–Trinajstić information content (AvgIpc) is 2.87. The first-order valence-corrected chi connectivity index (χ1v) is 7.11. The van der Waals surface area contributed by atoms with Crippen molar-refractivity contribution in [3.05, 3.63) is 34.3 Å². The highest BCUT2D eigenvalue weighted by molar-refractivity contribution is 9.10. The second kappa shape index (κ2) is 5.61. The van der Waals surface area contributed by atoms with Crippen LogP contribution in [0.25, 0.3) is 0 Å². The molecule has 4 nitrogen and oxygen atoms in total. The Kier molecular flexibility index (Phi) is 4.28. The van der Waals surface area contributed by atoms with E-state index in [-0.39, 0.29) is 12.0 Å². The van der Waals surface area contributed by atoms with Crippen molar-refractivity contribution in [3.8, 4) is 0 Å². The molecule has 1 aliphatic rings. The van der Waals surface area contributed by atoms with Crippen LogP contribution in [-0.2, 0) is 15.1 Å². The largest absolute Gasteiger partial charge is 0.380 e. The van der Waals surface area contributed by atoms with Crippen LogP contribution in [0.1, 0.15) is 18.9 Å². The van der Waals surface area contributed by atoms with Gasteiger partial charge in [-0.05, 0) is 31.0 Å². The Morgan fingerprint density at radius 1 is 1.47 bits per heavy atom. The first kappa shape index (κ1) is 14.5. The summed E-state index contributed by atoms with van der Waals surface area (Å²) in [5.41, 5.74) is 6.08. The maximum absolute atomic E-state index is 12.5. The molecule has 0 bridgehead atoms. The summed E-state index contributed by atoms with van der Waals surface area (Å²) in [6, 6.07) is 7.56. The molecule has 0 saturated carbocycles. The van der Waals surface area contributed by atoms with E-state index in [0.717, 1.165) is 16.5 Å². The molecule has 1 aromatic carbocycles. The summed E-state index contributed by atoms with van der Waals surface area (Å²) in [6.45, 7) is 3.10. The predicted molar refractivity (Wildman–Crippen MR) is 77.7 cm³/mol. The summed E-state index contributed by atoms with van der Waals surface area (Å²) in [4.78, 5) is 14.3. The van der Waals surface area contributed by atoms with Gasteiger partial charge in [0, 0.05) is 24.7 Å². The molecule has 1 aromatic rings. The lowest BCUT2D eigenvalue weighted by atomic mass is 9.92. The number of likely N-dealkylation sites (tertiary alicyclic amines) is 1. The third-order valence-electron chi connectivity index (χ3n) is 3.65.